The van der Waals surface area contributed by atoms with Crippen LogP contribution in [0, 0.1) is 5.92 Å². The van der Waals surface area contributed by atoms with E-state index in [1.165, 1.54) is 17.5 Å². The van der Waals surface area contributed by atoms with Crippen LogP contribution in [0.5, 0.6) is 0 Å². The predicted octanol–water partition coefficient (Wildman–Crippen LogP) is 1.32. The number of nitrogens with two attached hydrogens (primary N) is 1. The van der Waals surface area contributed by atoms with Crippen LogP contribution in [0.4, 0.5) is 5.69 Å². The maximum atomic E-state index is 12.4. The van der Waals surface area contributed by atoms with Gasteiger partial charge < -0.3 is 16.4 Å². The average Bonchev–Trinajstić information content (AvgIpc) is 3.07. The van der Waals surface area contributed by atoms with E-state index < -0.39 is 0 Å². The van der Waals surface area contributed by atoms with Gasteiger partial charge in [0.25, 0.3) is 0 Å². The number of piperidine rings is 1. The lowest BCUT2D eigenvalue weighted by Crippen LogP contribution is -2.46. The van der Waals surface area contributed by atoms with Gasteiger partial charge in [-0.1, -0.05) is 6.07 Å². The van der Waals surface area contributed by atoms with Crippen LogP contribution < -0.4 is 16.4 Å². The van der Waals surface area contributed by atoms with Crippen molar-refractivity contribution in [2.75, 3.05) is 38.0 Å². The van der Waals surface area contributed by atoms with Gasteiger partial charge in [-0.05, 0) is 61.9 Å². The van der Waals surface area contributed by atoms with Crippen molar-refractivity contribution < 1.29 is 9.59 Å². The second kappa shape index (κ2) is 9.90. The summed E-state index contributed by atoms with van der Waals surface area (Å²) < 4.78 is 0. The molecule has 3 rings (SSSR count). The third-order valence-corrected chi connectivity index (χ3v) is 5.07. The highest BCUT2D eigenvalue weighted by molar-refractivity contribution is 5.92. The van der Waals surface area contributed by atoms with Crippen LogP contribution >= 0.6 is 12.4 Å². The third kappa shape index (κ3) is 5.43. The number of amides is 2. The smallest absolute Gasteiger partial charge is 0.238 e. The van der Waals surface area contributed by atoms with Crippen molar-refractivity contribution in [3.8, 4) is 0 Å². The predicted molar refractivity (Wildman–Crippen MR) is 106 cm³/mol. The lowest BCUT2D eigenvalue weighted by molar-refractivity contribution is -0.127. The molecule has 1 aromatic rings. The number of halogens is 1. The van der Waals surface area contributed by atoms with Crippen molar-refractivity contribution in [2.45, 2.75) is 32.1 Å². The fourth-order valence-electron chi connectivity index (χ4n) is 3.81. The van der Waals surface area contributed by atoms with Crippen LogP contribution in [0.25, 0.3) is 0 Å². The minimum atomic E-state index is -0.0481. The number of hydrogen-bond donors (Lipinski definition) is 3. The Hall–Kier alpha value is -1.63. The summed E-state index contributed by atoms with van der Waals surface area (Å²) >= 11 is 0. The highest BCUT2D eigenvalue weighted by Crippen LogP contribution is 2.25. The number of hydrogen-bond acceptors (Lipinski definition) is 4. The van der Waals surface area contributed by atoms with E-state index in [4.69, 9.17) is 5.73 Å². The van der Waals surface area contributed by atoms with Gasteiger partial charge in [-0.2, -0.15) is 0 Å². The van der Waals surface area contributed by atoms with Crippen LogP contribution in [0.3, 0.4) is 0 Å². The van der Waals surface area contributed by atoms with E-state index in [9.17, 15) is 9.59 Å². The second-order valence-electron chi connectivity index (χ2n) is 7.04. The number of carbonyl (C=O) groups is 2. The first-order valence-corrected chi connectivity index (χ1v) is 9.27. The molecule has 0 radical (unpaired) electrons. The Bertz CT molecular complexity index is 638. The van der Waals surface area contributed by atoms with Crippen molar-refractivity contribution in [2.24, 2.45) is 11.7 Å². The molecule has 6 nitrogen and oxygen atoms in total. The van der Waals surface area contributed by atoms with Crippen molar-refractivity contribution >= 4 is 29.9 Å². The maximum absolute atomic E-state index is 12.4. The van der Waals surface area contributed by atoms with Gasteiger partial charge in [0.1, 0.15) is 0 Å². The molecular formula is C19H29ClN4O2. The minimum Gasteiger partial charge on any atom is -0.355 e. The number of anilines is 1. The van der Waals surface area contributed by atoms with Crippen molar-refractivity contribution in [1.29, 1.82) is 0 Å². The Balaban J connectivity index is 0.00000243. The van der Waals surface area contributed by atoms with Crippen LogP contribution in [0.1, 0.15) is 30.4 Å². The number of aryl methyl sites for hydroxylation is 2. The molecule has 2 amide bonds. The Labute approximate surface area is 161 Å². The number of benzene rings is 1. The molecule has 0 bridgehead atoms. The van der Waals surface area contributed by atoms with Crippen LogP contribution in [0.2, 0.25) is 0 Å². The summed E-state index contributed by atoms with van der Waals surface area (Å²) in [6, 6.07) is 6.21. The van der Waals surface area contributed by atoms with Gasteiger partial charge in [0, 0.05) is 25.3 Å². The van der Waals surface area contributed by atoms with Crippen molar-refractivity contribution in [3.05, 3.63) is 29.3 Å². The Morgan fingerprint density at radius 1 is 1.19 bits per heavy atom. The number of likely N-dealkylation sites (tertiary alicyclic amines) is 1. The molecule has 1 saturated heterocycles. The summed E-state index contributed by atoms with van der Waals surface area (Å²) in [5, 5.41) is 5.85. The van der Waals surface area contributed by atoms with E-state index in [-0.39, 0.29) is 30.1 Å². The Morgan fingerprint density at radius 2 is 2.00 bits per heavy atom. The number of fused-ring (bicyclic) bond motifs is 1. The quantitative estimate of drug-likeness (QED) is 0.694. The summed E-state index contributed by atoms with van der Waals surface area (Å²) in [6.45, 7) is 2.78. The summed E-state index contributed by atoms with van der Waals surface area (Å²) in [7, 11) is 0. The monoisotopic (exact) mass is 380 g/mol. The lowest BCUT2D eigenvalue weighted by Gasteiger charge is -2.31. The third-order valence-electron chi connectivity index (χ3n) is 5.07. The van der Waals surface area contributed by atoms with Crippen LogP contribution in [-0.2, 0) is 22.4 Å². The standard InChI is InChI=1S/C19H28N4O2.ClH/c20-8-9-21-19(25)16-5-2-10-23(12-16)13-18(24)22-17-7-6-14-3-1-4-15(14)11-17;/h6-7,11,16H,1-5,8-10,12-13,20H2,(H,21,25)(H,22,24);1H. The zero-order chi connectivity index (χ0) is 17.6. The van der Waals surface area contributed by atoms with Gasteiger partial charge in [-0.3, -0.25) is 14.5 Å². The number of nitrogens with zero attached hydrogens (tertiary/aromatic N) is 1. The summed E-state index contributed by atoms with van der Waals surface area (Å²) in [6.07, 6.45) is 5.26. The first kappa shape index (κ1) is 20.7. The molecule has 2 aliphatic rings. The fourth-order valence-corrected chi connectivity index (χ4v) is 3.81. The molecule has 1 fully saturated rings. The normalized spacial score (nSPS) is 19.3. The highest BCUT2D eigenvalue weighted by atomic mass is 35.5. The summed E-state index contributed by atoms with van der Waals surface area (Å²) in [5.41, 5.74) is 9.06. The molecule has 1 atom stereocenters. The highest BCUT2D eigenvalue weighted by Gasteiger charge is 2.26. The average molecular weight is 381 g/mol. The molecule has 26 heavy (non-hydrogen) atoms. The first-order chi connectivity index (χ1) is 12.2. The fraction of sp³-hybridized carbons (Fsp3) is 0.579. The SMILES string of the molecule is Cl.NCCNC(=O)C1CCCN(CC(=O)Nc2ccc3c(c2)CCC3)C1. The van der Waals surface area contributed by atoms with E-state index in [1.807, 2.05) is 6.07 Å². The summed E-state index contributed by atoms with van der Waals surface area (Å²) in [5.74, 6) is -0.0109. The Morgan fingerprint density at radius 3 is 2.81 bits per heavy atom. The maximum Gasteiger partial charge on any atom is 0.238 e. The molecule has 7 heteroatoms. The van der Waals surface area contributed by atoms with E-state index in [0.29, 0.717) is 26.2 Å². The molecule has 1 unspecified atom stereocenters. The van der Waals surface area contributed by atoms with E-state index in [1.54, 1.807) is 0 Å². The van der Waals surface area contributed by atoms with Gasteiger partial charge >= 0.3 is 0 Å². The van der Waals surface area contributed by atoms with Crippen LogP contribution in [-0.4, -0.2) is 49.4 Å². The molecule has 1 aliphatic carbocycles. The van der Waals surface area contributed by atoms with Crippen LogP contribution in [0.15, 0.2) is 18.2 Å². The first-order valence-electron chi connectivity index (χ1n) is 9.27. The minimum absolute atomic E-state index is 0. The lowest BCUT2D eigenvalue weighted by atomic mass is 9.97. The molecule has 0 spiro atoms. The van der Waals surface area contributed by atoms with E-state index >= 15 is 0 Å². The molecule has 1 aromatic carbocycles. The number of rotatable bonds is 6. The topological polar surface area (TPSA) is 87.5 Å². The van der Waals surface area contributed by atoms with Crippen molar-refractivity contribution in [1.82, 2.24) is 10.2 Å². The molecule has 1 heterocycles. The zero-order valence-corrected chi connectivity index (χ0v) is 15.9. The summed E-state index contributed by atoms with van der Waals surface area (Å²) in [4.78, 5) is 26.5. The van der Waals surface area contributed by atoms with E-state index in [2.05, 4.69) is 27.7 Å². The van der Waals surface area contributed by atoms with Gasteiger partial charge in [0.05, 0.1) is 12.5 Å². The molecule has 4 N–H and O–H groups in total. The van der Waals surface area contributed by atoms with Gasteiger partial charge in [-0.15, -0.1) is 12.4 Å². The number of carbonyl (C=O) groups excluding carboxylic acids is 2. The van der Waals surface area contributed by atoms with Gasteiger partial charge in [-0.25, -0.2) is 0 Å². The molecule has 144 valence electrons. The second-order valence-corrected chi connectivity index (χ2v) is 7.04. The largest absolute Gasteiger partial charge is 0.355 e. The van der Waals surface area contributed by atoms with Crippen molar-refractivity contribution in [3.63, 3.8) is 0 Å². The molecule has 0 saturated carbocycles. The molecule has 1 aliphatic heterocycles. The molecular weight excluding hydrogens is 352 g/mol. The number of nitrogens with one attached hydrogen (secondary N) is 2. The Kier molecular flexibility index (Phi) is 7.87. The van der Waals surface area contributed by atoms with E-state index in [0.717, 1.165) is 37.9 Å². The van der Waals surface area contributed by atoms with Gasteiger partial charge in [0.2, 0.25) is 11.8 Å². The zero-order valence-electron chi connectivity index (χ0n) is 15.1. The van der Waals surface area contributed by atoms with Gasteiger partial charge in [0.15, 0.2) is 0 Å². The molecule has 0 aromatic heterocycles.